The summed E-state index contributed by atoms with van der Waals surface area (Å²) in [6, 6.07) is 7.56. The highest BCUT2D eigenvalue weighted by atomic mass is 35.5. The van der Waals surface area contributed by atoms with Crippen LogP contribution in [0.1, 0.15) is 19.0 Å². The second kappa shape index (κ2) is 8.55. The molecule has 0 saturated carbocycles. The minimum atomic E-state index is -0.0302. The first-order valence-corrected chi connectivity index (χ1v) is 6.62. The number of hydrogen-bond donors (Lipinski definition) is 2. The fourth-order valence-electron chi connectivity index (χ4n) is 1.87. The molecule has 0 aliphatic carbocycles. The van der Waals surface area contributed by atoms with Crippen molar-refractivity contribution in [3.63, 3.8) is 0 Å². The van der Waals surface area contributed by atoms with Crippen molar-refractivity contribution in [1.82, 2.24) is 15.8 Å². The van der Waals surface area contributed by atoms with Gasteiger partial charge in [0.2, 0.25) is 5.91 Å². The van der Waals surface area contributed by atoms with E-state index in [0.717, 1.165) is 30.5 Å². The Balaban J connectivity index is 0.00000200. The average molecular weight is 298 g/mol. The first-order chi connectivity index (χ1) is 9.31. The van der Waals surface area contributed by atoms with E-state index >= 15 is 0 Å². The third-order valence-corrected chi connectivity index (χ3v) is 2.83. The molecule has 0 fully saturated rings. The number of hydrogen-bond acceptors (Lipinski definition) is 4. The molecule has 1 aromatic heterocycles. The van der Waals surface area contributed by atoms with Crippen molar-refractivity contribution in [2.24, 2.45) is 0 Å². The van der Waals surface area contributed by atoms with Gasteiger partial charge in [0.15, 0.2) is 5.58 Å². The van der Waals surface area contributed by atoms with E-state index in [2.05, 4.69) is 22.7 Å². The fourth-order valence-corrected chi connectivity index (χ4v) is 1.87. The Bertz CT molecular complexity index is 542. The van der Waals surface area contributed by atoms with Crippen molar-refractivity contribution in [1.29, 1.82) is 0 Å². The molecule has 1 aromatic carbocycles. The van der Waals surface area contributed by atoms with Crippen LogP contribution in [0.15, 0.2) is 28.8 Å². The van der Waals surface area contributed by atoms with Gasteiger partial charge in [-0.15, -0.1) is 12.4 Å². The van der Waals surface area contributed by atoms with E-state index in [9.17, 15) is 4.79 Å². The van der Waals surface area contributed by atoms with Crippen LogP contribution >= 0.6 is 12.4 Å². The van der Waals surface area contributed by atoms with Gasteiger partial charge in [0.1, 0.15) is 5.69 Å². The molecule has 0 saturated heterocycles. The molecule has 2 aromatic rings. The van der Waals surface area contributed by atoms with E-state index in [0.29, 0.717) is 12.2 Å². The van der Waals surface area contributed by atoms with Crippen LogP contribution in [0, 0.1) is 0 Å². The zero-order chi connectivity index (χ0) is 13.5. The van der Waals surface area contributed by atoms with Crippen LogP contribution in [-0.4, -0.2) is 30.7 Å². The van der Waals surface area contributed by atoms with E-state index in [1.54, 1.807) is 0 Å². The molecule has 0 radical (unpaired) electrons. The number of rotatable bonds is 7. The lowest BCUT2D eigenvalue weighted by Crippen LogP contribution is -2.33. The van der Waals surface area contributed by atoms with Gasteiger partial charge < -0.3 is 15.2 Å². The second-order valence-corrected chi connectivity index (χ2v) is 4.40. The standard InChI is InChI=1S/C14H19N3O2.ClH/c1-2-7-15-8-9-16-14(18)10-12-11-5-3-4-6-13(11)19-17-12;/h3-6,15H,2,7-10H2,1H3,(H,16,18);1H. The Labute approximate surface area is 124 Å². The van der Waals surface area contributed by atoms with E-state index in [-0.39, 0.29) is 24.7 Å². The number of halogens is 1. The SMILES string of the molecule is CCCNCCNC(=O)Cc1noc2ccccc12.Cl. The van der Waals surface area contributed by atoms with Crippen LogP contribution < -0.4 is 10.6 Å². The first kappa shape index (κ1) is 16.5. The van der Waals surface area contributed by atoms with Crippen LogP contribution in [-0.2, 0) is 11.2 Å². The molecule has 0 aliphatic rings. The number of benzene rings is 1. The highest BCUT2D eigenvalue weighted by molar-refractivity contribution is 5.86. The van der Waals surface area contributed by atoms with Crippen LogP contribution in [0.4, 0.5) is 0 Å². The molecule has 2 N–H and O–H groups in total. The molecule has 1 heterocycles. The summed E-state index contributed by atoms with van der Waals surface area (Å²) < 4.78 is 5.17. The van der Waals surface area contributed by atoms with Gasteiger partial charge in [-0.3, -0.25) is 4.79 Å². The maximum absolute atomic E-state index is 11.8. The Hall–Kier alpha value is -1.59. The second-order valence-electron chi connectivity index (χ2n) is 4.40. The van der Waals surface area contributed by atoms with E-state index in [1.807, 2.05) is 24.3 Å². The van der Waals surface area contributed by atoms with Gasteiger partial charge in [0.05, 0.1) is 6.42 Å². The molecule has 0 aliphatic heterocycles. The quantitative estimate of drug-likeness (QED) is 0.766. The van der Waals surface area contributed by atoms with Crippen LogP contribution in [0.5, 0.6) is 0 Å². The summed E-state index contributed by atoms with van der Waals surface area (Å²) in [4.78, 5) is 11.8. The van der Waals surface area contributed by atoms with E-state index in [1.165, 1.54) is 0 Å². The average Bonchev–Trinajstić information content (AvgIpc) is 2.82. The predicted octanol–water partition coefficient (Wildman–Crippen LogP) is 1.91. The lowest BCUT2D eigenvalue weighted by molar-refractivity contribution is -0.120. The number of nitrogens with zero attached hydrogens (tertiary/aromatic N) is 1. The Morgan fingerprint density at radius 3 is 2.85 bits per heavy atom. The molecule has 2 rings (SSSR count). The van der Waals surface area contributed by atoms with Gasteiger partial charge in [-0.05, 0) is 25.1 Å². The monoisotopic (exact) mass is 297 g/mol. The predicted molar refractivity (Wildman–Crippen MR) is 81.1 cm³/mol. The molecule has 1 amide bonds. The number of para-hydroxylation sites is 1. The third-order valence-electron chi connectivity index (χ3n) is 2.83. The molecule has 0 bridgehead atoms. The van der Waals surface area contributed by atoms with Gasteiger partial charge in [0, 0.05) is 18.5 Å². The summed E-state index contributed by atoms with van der Waals surface area (Å²) in [6.07, 6.45) is 1.35. The summed E-state index contributed by atoms with van der Waals surface area (Å²) in [5.41, 5.74) is 1.41. The largest absolute Gasteiger partial charge is 0.356 e. The highest BCUT2D eigenvalue weighted by Gasteiger charge is 2.11. The minimum Gasteiger partial charge on any atom is -0.356 e. The first-order valence-electron chi connectivity index (χ1n) is 6.62. The fraction of sp³-hybridized carbons (Fsp3) is 0.429. The van der Waals surface area contributed by atoms with Gasteiger partial charge >= 0.3 is 0 Å². The van der Waals surface area contributed by atoms with E-state index in [4.69, 9.17) is 4.52 Å². The molecule has 6 heteroatoms. The van der Waals surface area contributed by atoms with Crippen molar-refractivity contribution in [3.8, 4) is 0 Å². The summed E-state index contributed by atoms with van der Waals surface area (Å²) in [7, 11) is 0. The molecule has 110 valence electrons. The molecular weight excluding hydrogens is 278 g/mol. The number of carbonyl (C=O) groups excluding carboxylic acids is 1. The van der Waals surface area contributed by atoms with Crippen molar-refractivity contribution in [3.05, 3.63) is 30.0 Å². The number of nitrogens with one attached hydrogen (secondary N) is 2. The van der Waals surface area contributed by atoms with Crippen LogP contribution in [0.2, 0.25) is 0 Å². The molecule has 5 nitrogen and oxygen atoms in total. The van der Waals surface area contributed by atoms with Gasteiger partial charge in [-0.2, -0.15) is 0 Å². The number of fused-ring (bicyclic) bond motifs is 1. The number of carbonyl (C=O) groups is 1. The lowest BCUT2D eigenvalue weighted by atomic mass is 10.1. The topological polar surface area (TPSA) is 67.2 Å². The summed E-state index contributed by atoms with van der Waals surface area (Å²) >= 11 is 0. The molecule has 0 unspecified atom stereocenters. The van der Waals surface area contributed by atoms with Crippen molar-refractivity contribution < 1.29 is 9.32 Å². The van der Waals surface area contributed by atoms with Gasteiger partial charge in [0.25, 0.3) is 0 Å². The van der Waals surface area contributed by atoms with Crippen molar-refractivity contribution in [2.45, 2.75) is 19.8 Å². The Morgan fingerprint density at radius 2 is 2.05 bits per heavy atom. The summed E-state index contributed by atoms with van der Waals surface area (Å²) in [6.45, 7) is 4.51. The Morgan fingerprint density at radius 1 is 1.25 bits per heavy atom. The van der Waals surface area contributed by atoms with Crippen LogP contribution in [0.3, 0.4) is 0 Å². The summed E-state index contributed by atoms with van der Waals surface area (Å²) in [5, 5.41) is 10.9. The van der Waals surface area contributed by atoms with Gasteiger partial charge in [-0.1, -0.05) is 24.2 Å². The molecule has 20 heavy (non-hydrogen) atoms. The maximum Gasteiger partial charge on any atom is 0.226 e. The Kier molecular flexibility index (Phi) is 7.04. The zero-order valence-electron chi connectivity index (χ0n) is 11.5. The lowest BCUT2D eigenvalue weighted by Gasteiger charge is -2.04. The molecule has 0 atom stereocenters. The summed E-state index contributed by atoms with van der Waals surface area (Å²) in [5.74, 6) is -0.0302. The highest BCUT2D eigenvalue weighted by Crippen LogP contribution is 2.17. The molecule has 0 spiro atoms. The van der Waals surface area contributed by atoms with Crippen LogP contribution in [0.25, 0.3) is 11.0 Å². The van der Waals surface area contributed by atoms with Gasteiger partial charge in [-0.25, -0.2) is 0 Å². The van der Waals surface area contributed by atoms with E-state index < -0.39 is 0 Å². The van der Waals surface area contributed by atoms with Crippen molar-refractivity contribution in [2.75, 3.05) is 19.6 Å². The number of aromatic nitrogens is 1. The zero-order valence-corrected chi connectivity index (χ0v) is 12.3. The maximum atomic E-state index is 11.8. The smallest absolute Gasteiger partial charge is 0.226 e. The minimum absolute atomic E-state index is 0. The third kappa shape index (κ3) is 4.51. The van der Waals surface area contributed by atoms with Crippen molar-refractivity contribution >= 4 is 29.3 Å². The number of amides is 1. The normalized spacial score (nSPS) is 10.2. The molecular formula is C14H20ClN3O2.